The van der Waals surface area contributed by atoms with Gasteiger partial charge in [0.15, 0.2) is 6.61 Å². The molecule has 0 aromatic heterocycles. The zero-order valence-corrected chi connectivity index (χ0v) is 14.9. The summed E-state index contributed by atoms with van der Waals surface area (Å²) in [6.45, 7) is 3.63. The summed E-state index contributed by atoms with van der Waals surface area (Å²) in [7, 11) is 0. The van der Waals surface area contributed by atoms with E-state index in [-0.39, 0.29) is 18.2 Å². The molecule has 0 unspecified atom stereocenters. The van der Waals surface area contributed by atoms with Crippen molar-refractivity contribution >= 4 is 33.2 Å². The van der Waals surface area contributed by atoms with Crippen LogP contribution in [0.4, 0.5) is 11.4 Å². The van der Waals surface area contributed by atoms with Crippen molar-refractivity contribution < 1.29 is 14.5 Å². The Hall–Kier alpha value is -2.41. The minimum absolute atomic E-state index is 0.0743. The number of aryl methyl sites for hydroxylation is 2. The van der Waals surface area contributed by atoms with Crippen molar-refractivity contribution in [2.75, 3.05) is 11.9 Å². The quantitative estimate of drug-likeness (QED) is 0.588. The summed E-state index contributed by atoms with van der Waals surface area (Å²) in [6.07, 6.45) is 0.908. The van der Waals surface area contributed by atoms with Crippen LogP contribution in [0.25, 0.3) is 0 Å². The van der Waals surface area contributed by atoms with Gasteiger partial charge >= 0.3 is 0 Å². The van der Waals surface area contributed by atoms with Gasteiger partial charge in [0.05, 0.1) is 15.1 Å². The average Bonchev–Trinajstić information content (AvgIpc) is 2.55. The lowest BCUT2D eigenvalue weighted by Crippen LogP contribution is -2.20. The minimum atomic E-state index is -0.502. The lowest BCUT2D eigenvalue weighted by Gasteiger charge is -2.11. The van der Waals surface area contributed by atoms with Crippen LogP contribution in [0.5, 0.6) is 5.75 Å². The van der Waals surface area contributed by atoms with Gasteiger partial charge in [-0.2, -0.15) is 0 Å². The summed E-state index contributed by atoms with van der Waals surface area (Å²) in [4.78, 5) is 22.3. The number of non-ortho nitro benzene ring substituents is 1. The summed E-state index contributed by atoms with van der Waals surface area (Å²) in [5.41, 5.74) is 2.22. The van der Waals surface area contributed by atoms with E-state index >= 15 is 0 Å². The number of hydrogen-bond acceptors (Lipinski definition) is 4. The van der Waals surface area contributed by atoms with Crippen LogP contribution in [0.15, 0.2) is 40.9 Å². The normalized spacial score (nSPS) is 10.3. The lowest BCUT2D eigenvalue weighted by atomic mass is 10.2. The number of carbonyl (C=O) groups is 1. The third kappa shape index (κ3) is 4.55. The van der Waals surface area contributed by atoms with Gasteiger partial charge in [0.2, 0.25) is 0 Å². The minimum Gasteiger partial charge on any atom is -0.483 e. The largest absolute Gasteiger partial charge is 0.483 e. The fourth-order valence-corrected chi connectivity index (χ4v) is 2.61. The van der Waals surface area contributed by atoms with Crippen molar-refractivity contribution in [3.05, 3.63) is 62.1 Å². The van der Waals surface area contributed by atoms with Crippen LogP contribution in [-0.2, 0) is 11.2 Å². The van der Waals surface area contributed by atoms with Crippen LogP contribution in [0.2, 0.25) is 0 Å². The number of carbonyl (C=O) groups excluding carboxylic acids is 1. The van der Waals surface area contributed by atoms with E-state index in [0.717, 1.165) is 22.0 Å². The zero-order valence-electron chi connectivity index (χ0n) is 13.3. The van der Waals surface area contributed by atoms with Gasteiger partial charge in [0.25, 0.3) is 11.6 Å². The fraction of sp³-hybridized carbons (Fsp3) is 0.235. The Labute approximate surface area is 148 Å². The fourth-order valence-electron chi connectivity index (χ4n) is 2.07. The van der Waals surface area contributed by atoms with Crippen LogP contribution in [0, 0.1) is 17.0 Å². The SMILES string of the molecule is CCc1ccc(OCC(=O)Nc2cc([N+](=O)[O-])ccc2C)c(Br)c1. The molecule has 0 heterocycles. The number of hydrogen-bond donors (Lipinski definition) is 1. The first-order chi connectivity index (χ1) is 11.4. The van der Waals surface area contributed by atoms with Gasteiger partial charge in [-0.3, -0.25) is 14.9 Å². The zero-order chi connectivity index (χ0) is 17.7. The van der Waals surface area contributed by atoms with Crippen molar-refractivity contribution in [3.63, 3.8) is 0 Å². The highest BCUT2D eigenvalue weighted by Gasteiger charge is 2.12. The number of nitrogens with zero attached hydrogens (tertiary/aromatic N) is 1. The first kappa shape index (κ1) is 17.9. The molecule has 0 fully saturated rings. The summed E-state index contributed by atoms with van der Waals surface area (Å²) in [5.74, 6) is 0.184. The molecular weight excluding hydrogens is 376 g/mol. The number of ether oxygens (including phenoxy) is 1. The monoisotopic (exact) mass is 392 g/mol. The molecule has 0 bridgehead atoms. The molecule has 7 heteroatoms. The van der Waals surface area contributed by atoms with E-state index < -0.39 is 4.92 Å². The van der Waals surface area contributed by atoms with Crippen LogP contribution < -0.4 is 10.1 Å². The van der Waals surface area contributed by atoms with E-state index in [1.54, 1.807) is 19.1 Å². The Morgan fingerprint density at radius 2 is 2.04 bits per heavy atom. The van der Waals surface area contributed by atoms with Gasteiger partial charge in [-0.15, -0.1) is 0 Å². The van der Waals surface area contributed by atoms with Crippen molar-refractivity contribution in [2.24, 2.45) is 0 Å². The molecular formula is C17H17BrN2O4. The molecule has 6 nitrogen and oxygen atoms in total. The Kier molecular flexibility index (Phi) is 5.92. The van der Waals surface area contributed by atoms with E-state index in [9.17, 15) is 14.9 Å². The van der Waals surface area contributed by atoms with Crippen molar-refractivity contribution in [1.82, 2.24) is 0 Å². The second-order valence-electron chi connectivity index (χ2n) is 5.21. The summed E-state index contributed by atoms with van der Waals surface area (Å²) < 4.78 is 6.27. The topological polar surface area (TPSA) is 81.5 Å². The van der Waals surface area contributed by atoms with E-state index in [1.165, 1.54) is 12.1 Å². The number of rotatable bonds is 6. The molecule has 126 valence electrons. The molecule has 0 atom stereocenters. The van der Waals surface area contributed by atoms with Crippen LogP contribution in [0.3, 0.4) is 0 Å². The Bertz CT molecular complexity index is 777. The lowest BCUT2D eigenvalue weighted by molar-refractivity contribution is -0.384. The molecule has 2 aromatic rings. The number of nitrogens with one attached hydrogen (secondary N) is 1. The molecule has 0 saturated heterocycles. The molecule has 0 aliphatic heterocycles. The second kappa shape index (κ2) is 7.92. The molecule has 0 aliphatic carbocycles. The van der Waals surface area contributed by atoms with Crippen LogP contribution in [-0.4, -0.2) is 17.4 Å². The summed E-state index contributed by atoms with van der Waals surface area (Å²) in [5, 5.41) is 13.4. The van der Waals surface area contributed by atoms with Crippen molar-refractivity contribution in [1.29, 1.82) is 0 Å². The Balaban J connectivity index is 2.01. The number of halogens is 1. The highest BCUT2D eigenvalue weighted by Crippen LogP contribution is 2.26. The maximum absolute atomic E-state index is 12.0. The maximum Gasteiger partial charge on any atom is 0.271 e. The Morgan fingerprint density at radius 3 is 2.67 bits per heavy atom. The van der Waals surface area contributed by atoms with E-state index in [0.29, 0.717) is 11.4 Å². The van der Waals surface area contributed by atoms with Gasteiger partial charge in [-0.1, -0.05) is 19.1 Å². The van der Waals surface area contributed by atoms with Gasteiger partial charge in [0, 0.05) is 12.1 Å². The van der Waals surface area contributed by atoms with E-state index in [1.807, 2.05) is 12.1 Å². The number of nitro groups is 1. The molecule has 1 N–H and O–H groups in total. The maximum atomic E-state index is 12.0. The first-order valence-corrected chi connectivity index (χ1v) is 8.16. The van der Waals surface area contributed by atoms with Gasteiger partial charge in [0.1, 0.15) is 5.75 Å². The molecule has 1 amide bonds. The van der Waals surface area contributed by atoms with Crippen molar-refractivity contribution in [2.45, 2.75) is 20.3 Å². The van der Waals surface area contributed by atoms with Gasteiger partial charge in [-0.05, 0) is 52.5 Å². The van der Waals surface area contributed by atoms with E-state index in [4.69, 9.17) is 4.74 Å². The predicted octanol–water partition coefficient (Wildman–Crippen LogP) is 4.25. The van der Waals surface area contributed by atoms with E-state index in [2.05, 4.69) is 28.2 Å². The summed E-state index contributed by atoms with van der Waals surface area (Å²) in [6, 6.07) is 10.00. The second-order valence-corrected chi connectivity index (χ2v) is 6.07. The highest BCUT2D eigenvalue weighted by atomic mass is 79.9. The highest BCUT2D eigenvalue weighted by molar-refractivity contribution is 9.10. The number of nitro benzene ring substituents is 1. The third-order valence-electron chi connectivity index (χ3n) is 3.47. The number of anilines is 1. The third-order valence-corrected chi connectivity index (χ3v) is 4.09. The number of amides is 1. The molecule has 0 saturated carbocycles. The van der Waals surface area contributed by atoms with Crippen LogP contribution >= 0.6 is 15.9 Å². The molecule has 0 aliphatic rings. The molecule has 0 radical (unpaired) electrons. The van der Waals surface area contributed by atoms with Crippen LogP contribution in [0.1, 0.15) is 18.1 Å². The average molecular weight is 393 g/mol. The molecule has 2 aromatic carbocycles. The number of benzene rings is 2. The van der Waals surface area contributed by atoms with Gasteiger partial charge < -0.3 is 10.1 Å². The standard InChI is InChI=1S/C17H17BrN2O4/c1-3-12-5-7-16(14(18)8-12)24-10-17(21)19-15-9-13(20(22)23)6-4-11(15)2/h4-9H,3,10H2,1-2H3,(H,19,21). The van der Waals surface area contributed by atoms with Crippen molar-refractivity contribution in [3.8, 4) is 5.75 Å². The molecule has 24 heavy (non-hydrogen) atoms. The first-order valence-electron chi connectivity index (χ1n) is 7.36. The summed E-state index contributed by atoms with van der Waals surface area (Å²) >= 11 is 3.41. The predicted molar refractivity (Wildman–Crippen MR) is 95.5 cm³/mol. The molecule has 2 rings (SSSR count). The van der Waals surface area contributed by atoms with Gasteiger partial charge in [-0.25, -0.2) is 0 Å². The Morgan fingerprint density at radius 1 is 1.29 bits per heavy atom. The smallest absolute Gasteiger partial charge is 0.271 e. The molecule has 0 spiro atoms.